The molecular weight excluding hydrogens is 314 g/mol. The summed E-state index contributed by atoms with van der Waals surface area (Å²) in [5.41, 5.74) is 4.06. The fourth-order valence-electron chi connectivity index (χ4n) is 2.03. The molecular formula is C17H18BrNO. The van der Waals surface area contributed by atoms with Crippen molar-refractivity contribution in [1.29, 1.82) is 0 Å². The van der Waals surface area contributed by atoms with Gasteiger partial charge in [-0.2, -0.15) is 0 Å². The molecule has 0 aliphatic heterocycles. The van der Waals surface area contributed by atoms with Gasteiger partial charge >= 0.3 is 0 Å². The number of aryl methyl sites for hydroxylation is 2. The van der Waals surface area contributed by atoms with E-state index in [2.05, 4.69) is 40.3 Å². The summed E-state index contributed by atoms with van der Waals surface area (Å²) in [5, 5.41) is 3.03. The number of amides is 1. The van der Waals surface area contributed by atoms with Crippen molar-refractivity contribution in [3.8, 4) is 0 Å². The summed E-state index contributed by atoms with van der Waals surface area (Å²) in [6.07, 6.45) is 0. The van der Waals surface area contributed by atoms with Crippen LogP contribution >= 0.6 is 15.9 Å². The number of hydrogen-bond acceptors (Lipinski definition) is 1. The van der Waals surface area contributed by atoms with Gasteiger partial charge < -0.3 is 5.32 Å². The maximum atomic E-state index is 12.3. The Morgan fingerprint density at radius 3 is 2.30 bits per heavy atom. The second kappa shape index (κ2) is 6.23. The standard InChI is InChI=1S/C17H18BrNO/c1-11-4-7-14(8-5-11)13(3)19-17(20)15-10-12(2)6-9-16(15)18/h4-10,13H,1-3H3,(H,19,20). The van der Waals surface area contributed by atoms with E-state index in [0.29, 0.717) is 5.56 Å². The molecule has 2 nitrogen and oxygen atoms in total. The Morgan fingerprint density at radius 2 is 1.65 bits per heavy atom. The molecule has 0 aliphatic carbocycles. The number of benzene rings is 2. The first-order valence-electron chi connectivity index (χ1n) is 6.61. The van der Waals surface area contributed by atoms with Crippen molar-refractivity contribution in [3.05, 3.63) is 69.2 Å². The van der Waals surface area contributed by atoms with Gasteiger partial charge in [0.2, 0.25) is 0 Å². The van der Waals surface area contributed by atoms with Crippen molar-refractivity contribution >= 4 is 21.8 Å². The van der Waals surface area contributed by atoms with Gasteiger partial charge in [-0.05, 0) is 54.4 Å². The maximum absolute atomic E-state index is 12.3. The van der Waals surface area contributed by atoms with Gasteiger partial charge in [-0.15, -0.1) is 0 Å². The number of carbonyl (C=O) groups excluding carboxylic acids is 1. The molecule has 3 heteroatoms. The largest absolute Gasteiger partial charge is 0.345 e. The van der Waals surface area contributed by atoms with E-state index in [-0.39, 0.29) is 11.9 Å². The number of nitrogens with one attached hydrogen (secondary N) is 1. The highest BCUT2D eigenvalue weighted by molar-refractivity contribution is 9.10. The predicted octanol–water partition coefficient (Wildman–Crippen LogP) is 4.56. The number of carbonyl (C=O) groups is 1. The normalized spacial score (nSPS) is 12.0. The zero-order valence-corrected chi connectivity index (χ0v) is 13.5. The van der Waals surface area contributed by atoms with E-state index >= 15 is 0 Å². The Bertz CT molecular complexity index is 619. The average molecular weight is 332 g/mol. The quantitative estimate of drug-likeness (QED) is 0.877. The molecule has 0 fully saturated rings. The van der Waals surface area contributed by atoms with Crippen molar-refractivity contribution in [1.82, 2.24) is 5.32 Å². The lowest BCUT2D eigenvalue weighted by Crippen LogP contribution is -2.27. The third-order valence-corrected chi connectivity index (χ3v) is 3.98. The Labute approximate surface area is 128 Å². The molecule has 1 amide bonds. The molecule has 0 spiro atoms. The molecule has 1 N–H and O–H groups in total. The van der Waals surface area contributed by atoms with Crippen molar-refractivity contribution in [2.45, 2.75) is 26.8 Å². The van der Waals surface area contributed by atoms with Crippen LogP contribution in [0, 0.1) is 13.8 Å². The molecule has 2 aromatic rings. The van der Waals surface area contributed by atoms with E-state index < -0.39 is 0 Å². The van der Waals surface area contributed by atoms with Crippen molar-refractivity contribution in [3.63, 3.8) is 0 Å². The molecule has 2 rings (SSSR count). The van der Waals surface area contributed by atoms with Gasteiger partial charge in [-0.3, -0.25) is 4.79 Å². The van der Waals surface area contributed by atoms with Gasteiger partial charge in [-0.25, -0.2) is 0 Å². The minimum atomic E-state index is -0.0614. The summed E-state index contributed by atoms with van der Waals surface area (Å²) in [5.74, 6) is -0.0614. The summed E-state index contributed by atoms with van der Waals surface area (Å²) < 4.78 is 0.816. The van der Waals surface area contributed by atoms with Crippen LogP contribution in [0.15, 0.2) is 46.9 Å². The van der Waals surface area contributed by atoms with E-state index in [0.717, 1.165) is 15.6 Å². The summed E-state index contributed by atoms with van der Waals surface area (Å²) in [4.78, 5) is 12.3. The zero-order chi connectivity index (χ0) is 14.7. The molecule has 0 saturated heterocycles. The molecule has 20 heavy (non-hydrogen) atoms. The Balaban J connectivity index is 2.15. The zero-order valence-electron chi connectivity index (χ0n) is 11.9. The van der Waals surface area contributed by atoms with E-state index in [1.54, 1.807) is 0 Å². The van der Waals surface area contributed by atoms with Gasteiger partial charge in [0, 0.05) is 4.47 Å². The number of halogens is 1. The van der Waals surface area contributed by atoms with Crippen LogP contribution in [0.2, 0.25) is 0 Å². The van der Waals surface area contributed by atoms with Gasteiger partial charge in [0.05, 0.1) is 11.6 Å². The first-order chi connectivity index (χ1) is 9.47. The minimum absolute atomic E-state index is 0.0180. The molecule has 0 heterocycles. The van der Waals surface area contributed by atoms with Gasteiger partial charge in [0.25, 0.3) is 5.91 Å². The molecule has 0 radical (unpaired) electrons. The van der Waals surface area contributed by atoms with E-state index in [1.807, 2.05) is 44.2 Å². The first-order valence-corrected chi connectivity index (χ1v) is 7.40. The van der Waals surface area contributed by atoms with Crippen LogP contribution in [0.5, 0.6) is 0 Å². The third-order valence-electron chi connectivity index (χ3n) is 3.29. The summed E-state index contributed by atoms with van der Waals surface area (Å²) >= 11 is 3.43. The van der Waals surface area contributed by atoms with Crippen LogP contribution in [0.25, 0.3) is 0 Å². The Kier molecular flexibility index (Phi) is 4.61. The third kappa shape index (κ3) is 3.48. The van der Waals surface area contributed by atoms with E-state index in [1.165, 1.54) is 5.56 Å². The van der Waals surface area contributed by atoms with Crippen LogP contribution in [0.3, 0.4) is 0 Å². The molecule has 2 aromatic carbocycles. The molecule has 0 bridgehead atoms. The molecule has 1 unspecified atom stereocenters. The summed E-state index contributed by atoms with van der Waals surface area (Å²) in [7, 11) is 0. The first kappa shape index (κ1) is 14.8. The minimum Gasteiger partial charge on any atom is -0.345 e. The average Bonchev–Trinajstić information content (AvgIpc) is 2.42. The Hall–Kier alpha value is -1.61. The van der Waals surface area contributed by atoms with Crippen molar-refractivity contribution in [2.75, 3.05) is 0 Å². The second-order valence-corrected chi connectivity index (χ2v) is 5.94. The van der Waals surface area contributed by atoms with E-state index in [9.17, 15) is 4.79 Å². The Morgan fingerprint density at radius 1 is 1.05 bits per heavy atom. The van der Waals surface area contributed by atoms with Gasteiger partial charge in [0.1, 0.15) is 0 Å². The highest BCUT2D eigenvalue weighted by Crippen LogP contribution is 2.20. The number of rotatable bonds is 3. The molecule has 0 saturated carbocycles. The summed E-state index contributed by atoms with van der Waals surface area (Å²) in [6.45, 7) is 6.02. The topological polar surface area (TPSA) is 29.1 Å². The fraction of sp³-hybridized carbons (Fsp3) is 0.235. The maximum Gasteiger partial charge on any atom is 0.252 e. The van der Waals surface area contributed by atoms with Crippen LogP contribution in [-0.2, 0) is 0 Å². The fourth-order valence-corrected chi connectivity index (χ4v) is 2.45. The van der Waals surface area contributed by atoms with Gasteiger partial charge in [-0.1, -0.05) is 41.5 Å². The van der Waals surface area contributed by atoms with Crippen LogP contribution in [0.4, 0.5) is 0 Å². The lowest BCUT2D eigenvalue weighted by molar-refractivity contribution is 0.0939. The van der Waals surface area contributed by atoms with Crippen LogP contribution in [0.1, 0.15) is 40.0 Å². The second-order valence-electron chi connectivity index (χ2n) is 5.09. The van der Waals surface area contributed by atoms with Gasteiger partial charge in [0.15, 0.2) is 0 Å². The van der Waals surface area contributed by atoms with E-state index in [4.69, 9.17) is 0 Å². The lowest BCUT2D eigenvalue weighted by Gasteiger charge is -2.15. The highest BCUT2D eigenvalue weighted by atomic mass is 79.9. The van der Waals surface area contributed by atoms with Crippen LogP contribution < -0.4 is 5.32 Å². The molecule has 1 atom stereocenters. The number of hydrogen-bond donors (Lipinski definition) is 1. The SMILES string of the molecule is Cc1ccc(C(C)NC(=O)c2cc(C)ccc2Br)cc1. The summed E-state index contributed by atoms with van der Waals surface area (Å²) in [6, 6.07) is 14.0. The molecule has 0 aromatic heterocycles. The predicted molar refractivity (Wildman–Crippen MR) is 85.9 cm³/mol. The molecule has 0 aliphatic rings. The van der Waals surface area contributed by atoms with Crippen molar-refractivity contribution in [2.24, 2.45) is 0 Å². The monoisotopic (exact) mass is 331 g/mol. The lowest BCUT2D eigenvalue weighted by atomic mass is 10.1. The smallest absolute Gasteiger partial charge is 0.252 e. The van der Waals surface area contributed by atoms with Crippen molar-refractivity contribution < 1.29 is 4.79 Å². The van der Waals surface area contributed by atoms with Crippen LogP contribution in [-0.4, -0.2) is 5.91 Å². The highest BCUT2D eigenvalue weighted by Gasteiger charge is 2.14. The molecule has 104 valence electrons.